The Morgan fingerprint density at radius 3 is 2.41 bits per heavy atom. The average molecular weight is 599 g/mol. The summed E-state index contributed by atoms with van der Waals surface area (Å²) in [5.41, 5.74) is 8.69. The van der Waals surface area contributed by atoms with Crippen LogP contribution < -0.4 is 21.1 Å². The normalized spacial score (nSPS) is 15.2. The summed E-state index contributed by atoms with van der Waals surface area (Å²) in [7, 11) is -3.50. The minimum atomic E-state index is -3.50. The van der Waals surface area contributed by atoms with Gasteiger partial charge in [0.05, 0.1) is 41.4 Å². The Balaban J connectivity index is 1.64. The molecule has 0 aliphatic heterocycles. The third-order valence-corrected chi connectivity index (χ3v) is 9.26. The summed E-state index contributed by atoms with van der Waals surface area (Å²) in [6.07, 6.45) is 1.91. The van der Waals surface area contributed by atoms with E-state index in [2.05, 4.69) is 5.32 Å². The van der Waals surface area contributed by atoms with E-state index in [1.807, 2.05) is 38.1 Å². The molecule has 4 rings (SSSR count). The van der Waals surface area contributed by atoms with Gasteiger partial charge in [-0.15, -0.1) is 0 Å². The summed E-state index contributed by atoms with van der Waals surface area (Å²) in [4.78, 5) is 36.7. The van der Waals surface area contributed by atoms with Gasteiger partial charge in [0.1, 0.15) is 5.75 Å². The lowest BCUT2D eigenvalue weighted by Gasteiger charge is -2.20. The lowest BCUT2D eigenvalue weighted by atomic mass is 9.94. The van der Waals surface area contributed by atoms with Gasteiger partial charge in [0.2, 0.25) is 13.3 Å². The molecule has 1 amide bonds. The van der Waals surface area contributed by atoms with E-state index in [0.717, 1.165) is 18.4 Å². The Morgan fingerprint density at radius 1 is 1.10 bits per heavy atom. The van der Waals surface area contributed by atoms with Gasteiger partial charge >= 0.3 is 5.97 Å². The van der Waals surface area contributed by atoms with Crippen molar-refractivity contribution in [3.63, 3.8) is 0 Å². The third kappa shape index (κ3) is 7.91. The zero-order chi connectivity index (χ0) is 29.7. The van der Waals surface area contributed by atoms with Crippen molar-refractivity contribution in [3.8, 4) is 16.9 Å². The van der Waals surface area contributed by atoms with E-state index in [-0.39, 0.29) is 36.9 Å². The predicted octanol–water partition coefficient (Wildman–Crippen LogP) is 6.36. The number of carbonyl (C=O) groups excluding carboxylic acids is 2. The number of hydrogen-bond donors (Lipinski definition) is 3. The molecule has 1 saturated carbocycles. The Morgan fingerprint density at radius 2 is 1.78 bits per heavy atom. The second-order valence-corrected chi connectivity index (χ2v) is 13.2. The molecule has 218 valence electrons. The number of ether oxygens (including phenoxy) is 2. The van der Waals surface area contributed by atoms with Crippen molar-refractivity contribution >= 4 is 47.5 Å². The van der Waals surface area contributed by atoms with Crippen molar-refractivity contribution in [2.75, 3.05) is 23.8 Å². The molecule has 0 spiro atoms. The molecule has 3 aromatic rings. The van der Waals surface area contributed by atoms with Gasteiger partial charge < -0.3 is 25.4 Å². The van der Waals surface area contributed by atoms with E-state index in [9.17, 15) is 19.0 Å². The van der Waals surface area contributed by atoms with Crippen LogP contribution in [0.4, 0.5) is 11.4 Å². The minimum Gasteiger partial charge on any atom is -0.490 e. The molecule has 1 aliphatic rings. The number of nitrogen functional groups attached to an aromatic ring is 1. The van der Waals surface area contributed by atoms with Crippen LogP contribution in [0.1, 0.15) is 51.5 Å². The number of benzene rings is 3. The Bertz CT molecular complexity index is 1460. The first-order valence-electron chi connectivity index (χ1n) is 13.7. The largest absolute Gasteiger partial charge is 0.490 e. The molecule has 0 radical (unpaired) electrons. The molecule has 8 nitrogen and oxygen atoms in total. The minimum absolute atomic E-state index is 0.0636. The van der Waals surface area contributed by atoms with Crippen molar-refractivity contribution in [1.29, 1.82) is 0 Å². The van der Waals surface area contributed by atoms with Crippen LogP contribution in [0, 0.1) is 5.92 Å². The first-order valence-corrected chi connectivity index (χ1v) is 15.9. The first kappa shape index (κ1) is 30.6. The summed E-state index contributed by atoms with van der Waals surface area (Å²) < 4.78 is 23.9. The maximum absolute atomic E-state index is 13.6. The molecule has 0 bridgehead atoms. The highest BCUT2D eigenvalue weighted by Gasteiger charge is 2.33. The van der Waals surface area contributed by atoms with E-state index in [4.69, 9.17) is 26.8 Å². The molecule has 1 aliphatic carbocycles. The van der Waals surface area contributed by atoms with Gasteiger partial charge in [-0.2, -0.15) is 0 Å². The summed E-state index contributed by atoms with van der Waals surface area (Å²) in [6, 6.07) is 17.0. The Hall–Kier alpha value is -3.32. The van der Waals surface area contributed by atoms with Crippen molar-refractivity contribution in [2.45, 2.75) is 52.1 Å². The van der Waals surface area contributed by atoms with Gasteiger partial charge in [-0.1, -0.05) is 41.9 Å². The van der Waals surface area contributed by atoms with E-state index in [1.165, 1.54) is 0 Å². The second kappa shape index (κ2) is 13.1. The molecular weight excluding hydrogens is 563 g/mol. The molecule has 10 heteroatoms. The predicted molar refractivity (Wildman–Crippen MR) is 163 cm³/mol. The number of amides is 1. The van der Waals surface area contributed by atoms with E-state index in [0.29, 0.717) is 32.9 Å². The SMILES string of the molecule is CCOC(=O)CC(C(=O)Nc1cc(-c2ccccc2OC(C)C)c(Cl)cc1N)c1ccc(P(=O)(O)CC2CC2)cc1. The number of carbonyl (C=O) groups is 2. The molecule has 1 fully saturated rings. The molecule has 3 aromatic carbocycles. The maximum atomic E-state index is 13.6. The van der Waals surface area contributed by atoms with Gasteiger partial charge in [-0.05, 0) is 75.4 Å². The molecule has 0 heterocycles. The lowest BCUT2D eigenvalue weighted by Crippen LogP contribution is -2.25. The monoisotopic (exact) mass is 598 g/mol. The number of halogens is 1. The lowest BCUT2D eigenvalue weighted by molar-refractivity contribution is -0.144. The number of rotatable bonds is 12. The van der Waals surface area contributed by atoms with Gasteiger partial charge in [0, 0.05) is 22.6 Å². The smallest absolute Gasteiger partial charge is 0.306 e. The average Bonchev–Trinajstić information content (AvgIpc) is 3.72. The molecule has 0 aromatic heterocycles. The van der Waals surface area contributed by atoms with Crippen molar-refractivity contribution in [2.24, 2.45) is 5.92 Å². The van der Waals surface area contributed by atoms with Crippen LogP contribution >= 0.6 is 19.0 Å². The van der Waals surface area contributed by atoms with Gasteiger partial charge in [0.15, 0.2) is 0 Å². The second-order valence-electron chi connectivity index (χ2n) is 10.6. The van der Waals surface area contributed by atoms with Crippen molar-refractivity contribution in [1.82, 2.24) is 0 Å². The van der Waals surface area contributed by atoms with Crippen LogP contribution in [0.2, 0.25) is 5.02 Å². The number of nitrogens with two attached hydrogens (primary N) is 1. The van der Waals surface area contributed by atoms with Crippen LogP contribution in [0.25, 0.3) is 11.1 Å². The van der Waals surface area contributed by atoms with Crippen LogP contribution in [-0.4, -0.2) is 35.6 Å². The summed E-state index contributed by atoms with van der Waals surface area (Å²) in [5.74, 6) is -1.04. The van der Waals surface area contributed by atoms with Crippen LogP contribution in [0.5, 0.6) is 5.75 Å². The summed E-state index contributed by atoms with van der Waals surface area (Å²) >= 11 is 6.58. The number of hydrogen-bond acceptors (Lipinski definition) is 6. The fourth-order valence-corrected chi connectivity index (χ4v) is 6.78. The quantitative estimate of drug-likeness (QED) is 0.126. The highest BCUT2D eigenvalue weighted by Crippen LogP contribution is 2.48. The summed E-state index contributed by atoms with van der Waals surface area (Å²) in [5, 5.41) is 3.58. The van der Waals surface area contributed by atoms with Crippen molar-refractivity contribution in [3.05, 3.63) is 71.2 Å². The number of nitrogens with one attached hydrogen (secondary N) is 1. The van der Waals surface area contributed by atoms with Gasteiger partial charge in [-0.25, -0.2) is 0 Å². The van der Waals surface area contributed by atoms with Crippen LogP contribution in [-0.2, 0) is 18.9 Å². The maximum Gasteiger partial charge on any atom is 0.306 e. The van der Waals surface area contributed by atoms with Crippen LogP contribution in [0.3, 0.4) is 0 Å². The van der Waals surface area contributed by atoms with Gasteiger partial charge in [0.25, 0.3) is 0 Å². The topological polar surface area (TPSA) is 128 Å². The fourth-order valence-electron chi connectivity index (χ4n) is 4.61. The molecule has 4 N–H and O–H groups in total. The zero-order valence-corrected chi connectivity index (χ0v) is 25.1. The molecule has 2 atom stereocenters. The first-order chi connectivity index (χ1) is 19.5. The molecular formula is C31H36ClN2O6P. The zero-order valence-electron chi connectivity index (χ0n) is 23.4. The summed E-state index contributed by atoms with van der Waals surface area (Å²) in [6.45, 7) is 5.72. The number of para-hydroxylation sites is 1. The number of esters is 1. The van der Waals surface area contributed by atoms with Gasteiger partial charge in [-0.3, -0.25) is 14.2 Å². The highest BCUT2D eigenvalue weighted by molar-refractivity contribution is 7.66. The molecule has 2 unspecified atom stereocenters. The Labute approximate surface area is 245 Å². The van der Waals surface area contributed by atoms with Crippen molar-refractivity contribution < 1.29 is 28.5 Å². The molecule has 41 heavy (non-hydrogen) atoms. The van der Waals surface area contributed by atoms with E-state index < -0.39 is 25.2 Å². The third-order valence-electron chi connectivity index (χ3n) is 6.83. The van der Waals surface area contributed by atoms with Crippen LogP contribution in [0.15, 0.2) is 60.7 Å². The van der Waals surface area contributed by atoms with E-state index in [1.54, 1.807) is 43.3 Å². The fraction of sp³-hybridized carbons (Fsp3) is 0.355. The number of anilines is 2. The van der Waals surface area contributed by atoms with E-state index >= 15 is 0 Å². The molecule has 0 saturated heterocycles. The standard InChI is InChI=1S/C31H36ClN2O6P/c1-4-39-30(35)16-24(21-11-13-22(14-12-21)41(37,38)18-20-9-10-20)31(36)34-28-15-25(26(32)17-27(28)33)23-7-5-6-8-29(23)40-19(2)3/h5-8,11-15,17,19-20,24H,4,9-10,16,18,33H2,1-3H3,(H,34,36)(H,37,38). The highest BCUT2D eigenvalue weighted by atomic mass is 35.5. The Kier molecular flexibility index (Phi) is 9.80.